The molecule has 0 aliphatic rings. The highest BCUT2D eigenvalue weighted by Gasteiger charge is 2.15. The van der Waals surface area contributed by atoms with Gasteiger partial charge in [-0.2, -0.15) is 0 Å². The molecular weight excluding hydrogens is 296 g/mol. The lowest BCUT2D eigenvalue weighted by Crippen LogP contribution is -2.30. The van der Waals surface area contributed by atoms with Gasteiger partial charge in [0.2, 0.25) is 0 Å². The van der Waals surface area contributed by atoms with Crippen LogP contribution in [0.5, 0.6) is 0 Å². The van der Waals surface area contributed by atoms with Gasteiger partial charge in [0.1, 0.15) is 0 Å². The van der Waals surface area contributed by atoms with Gasteiger partial charge in [-0.1, -0.05) is 11.3 Å². The molecule has 0 bridgehead atoms. The zero-order valence-corrected chi connectivity index (χ0v) is 13.5. The van der Waals surface area contributed by atoms with Crippen molar-refractivity contribution in [3.63, 3.8) is 0 Å². The van der Waals surface area contributed by atoms with Crippen LogP contribution in [-0.4, -0.2) is 63.5 Å². The minimum atomic E-state index is -0.370. The van der Waals surface area contributed by atoms with Gasteiger partial charge in [0.05, 0.1) is 26.7 Å². The molecule has 0 fully saturated rings. The summed E-state index contributed by atoms with van der Waals surface area (Å²) >= 11 is 1.12. The van der Waals surface area contributed by atoms with Crippen molar-refractivity contribution >= 4 is 17.3 Å². The monoisotopic (exact) mass is 318 g/mol. The number of carbonyl (C=O) groups is 1. The fourth-order valence-corrected chi connectivity index (χ4v) is 2.68. The Hall–Kier alpha value is -1.22. The lowest BCUT2D eigenvalue weighted by Gasteiger charge is -2.21. The van der Waals surface area contributed by atoms with Crippen molar-refractivity contribution < 1.29 is 19.0 Å². The molecular formula is C13H22N2O5S. The summed E-state index contributed by atoms with van der Waals surface area (Å²) in [4.78, 5) is 28.4. The Kier molecular flexibility index (Phi) is 8.21. The maximum absolute atomic E-state index is 11.5. The highest BCUT2D eigenvalue weighted by Crippen LogP contribution is 2.14. The van der Waals surface area contributed by atoms with Gasteiger partial charge < -0.3 is 19.2 Å². The van der Waals surface area contributed by atoms with Gasteiger partial charge in [-0.25, -0.2) is 0 Å². The molecule has 0 amide bonds. The van der Waals surface area contributed by atoms with Crippen LogP contribution in [-0.2, 0) is 32.0 Å². The molecule has 7 nitrogen and oxygen atoms in total. The van der Waals surface area contributed by atoms with Gasteiger partial charge in [-0.15, -0.1) is 0 Å². The van der Waals surface area contributed by atoms with Crippen molar-refractivity contribution in [1.29, 1.82) is 0 Å². The molecule has 0 atom stereocenters. The standard InChI is InChI=1S/C13H22N2O5S/c1-18-6-4-15(5-7-19-2)9-11-10(8-12(16)20-3)14-13(17)21-11/h4-9H2,1-3H3,(H,14,17). The van der Waals surface area contributed by atoms with Crippen LogP contribution >= 0.6 is 11.3 Å². The second kappa shape index (κ2) is 9.67. The smallest absolute Gasteiger partial charge is 0.311 e. The summed E-state index contributed by atoms with van der Waals surface area (Å²) in [6.45, 7) is 3.21. The Balaban J connectivity index is 2.76. The first kappa shape index (κ1) is 17.8. The van der Waals surface area contributed by atoms with Crippen LogP contribution in [0, 0.1) is 0 Å². The quantitative estimate of drug-likeness (QED) is 0.623. The Morgan fingerprint density at radius 3 is 2.33 bits per heavy atom. The second-order valence-electron chi connectivity index (χ2n) is 4.43. The van der Waals surface area contributed by atoms with Crippen LogP contribution in [0.4, 0.5) is 0 Å². The number of ether oxygens (including phenoxy) is 3. The van der Waals surface area contributed by atoms with Crippen molar-refractivity contribution in [1.82, 2.24) is 9.88 Å². The zero-order valence-electron chi connectivity index (χ0n) is 12.6. The van der Waals surface area contributed by atoms with Crippen LogP contribution in [0.15, 0.2) is 4.79 Å². The molecule has 21 heavy (non-hydrogen) atoms. The number of aromatic amines is 1. The Morgan fingerprint density at radius 1 is 1.19 bits per heavy atom. The number of esters is 1. The summed E-state index contributed by atoms with van der Waals surface area (Å²) in [6, 6.07) is 0. The largest absolute Gasteiger partial charge is 0.469 e. The molecule has 0 aliphatic heterocycles. The van der Waals surface area contributed by atoms with E-state index < -0.39 is 0 Å². The number of H-pyrrole nitrogens is 1. The SMILES string of the molecule is COCCN(CCOC)Cc1sc(=O)[nH]c1CC(=O)OC. The number of carbonyl (C=O) groups excluding carboxylic acids is 1. The predicted octanol–water partition coefficient (Wildman–Crippen LogP) is 0.247. The van der Waals surface area contributed by atoms with Gasteiger partial charge in [-0.05, 0) is 0 Å². The molecule has 120 valence electrons. The highest BCUT2D eigenvalue weighted by atomic mass is 32.1. The molecule has 0 unspecified atom stereocenters. The lowest BCUT2D eigenvalue weighted by atomic mass is 10.2. The molecule has 1 N–H and O–H groups in total. The summed E-state index contributed by atoms with van der Waals surface area (Å²) in [5.74, 6) is -0.370. The Bertz CT molecular complexity index is 477. The molecule has 0 spiro atoms. The minimum Gasteiger partial charge on any atom is -0.469 e. The molecule has 1 aromatic heterocycles. The van der Waals surface area contributed by atoms with Crippen molar-refractivity contribution in [2.45, 2.75) is 13.0 Å². The molecule has 1 rings (SSSR count). The van der Waals surface area contributed by atoms with E-state index in [1.54, 1.807) is 14.2 Å². The molecule has 0 aliphatic carbocycles. The number of nitrogens with zero attached hydrogens (tertiary/aromatic N) is 1. The number of methoxy groups -OCH3 is 3. The van der Waals surface area contributed by atoms with E-state index >= 15 is 0 Å². The number of hydrogen-bond donors (Lipinski definition) is 1. The van der Waals surface area contributed by atoms with E-state index in [4.69, 9.17) is 9.47 Å². The third kappa shape index (κ3) is 6.38. The number of thiazole rings is 1. The molecule has 1 heterocycles. The summed E-state index contributed by atoms with van der Waals surface area (Å²) in [7, 11) is 4.62. The van der Waals surface area contributed by atoms with Crippen LogP contribution in [0.1, 0.15) is 10.6 Å². The first-order valence-corrected chi connectivity index (χ1v) is 7.40. The first-order valence-electron chi connectivity index (χ1n) is 6.58. The van der Waals surface area contributed by atoms with E-state index in [-0.39, 0.29) is 17.3 Å². The molecule has 8 heteroatoms. The second-order valence-corrected chi connectivity index (χ2v) is 5.50. The molecule has 0 saturated heterocycles. The number of nitrogens with one attached hydrogen (secondary N) is 1. The van der Waals surface area contributed by atoms with E-state index in [0.717, 1.165) is 29.3 Å². The summed E-state index contributed by atoms with van der Waals surface area (Å²) in [5, 5.41) is 0. The third-order valence-electron chi connectivity index (χ3n) is 2.94. The minimum absolute atomic E-state index is 0.0764. The van der Waals surface area contributed by atoms with E-state index in [0.29, 0.717) is 25.5 Å². The topological polar surface area (TPSA) is 80.9 Å². The normalized spacial score (nSPS) is 11.0. The maximum Gasteiger partial charge on any atom is 0.311 e. The van der Waals surface area contributed by atoms with Crippen LogP contribution in [0.3, 0.4) is 0 Å². The van der Waals surface area contributed by atoms with Crippen LogP contribution in [0.2, 0.25) is 0 Å². The molecule has 0 saturated carbocycles. The maximum atomic E-state index is 11.5. The van der Waals surface area contributed by atoms with Crippen molar-refractivity contribution in [3.8, 4) is 0 Å². The van der Waals surface area contributed by atoms with Crippen molar-refractivity contribution in [2.75, 3.05) is 47.6 Å². The summed E-state index contributed by atoms with van der Waals surface area (Å²) < 4.78 is 14.8. The average Bonchev–Trinajstić information content (AvgIpc) is 2.81. The molecule has 1 aromatic rings. The molecule has 0 aromatic carbocycles. The summed E-state index contributed by atoms with van der Waals surface area (Å²) in [6.07, 6.45) is 0.0764. The third-order valence-corrected chi connectivity index (χ3v) is 3.85. The van der Waals surface area contributed by atoms with Gasteiger partial charge in [0.15, 0.2) is 0 Å². The predicted molar refractivity (Wildman–Crippen MR) is 79.7 cm³/mol. The van der Waals surface area contributed by atoms with E-state index in [1.165, 1.54) is 7.11 Å². The fourth-order valence-electron chi connectivity index (χ4n) is 1.79. The summed E-state index contributed by atoms with van der Waals surface area (Å²) in [5.41, 5.74) is 0.622. The average molecular weight is 318 g/mol. The number of aromatic nitrogens is 1. The van der Waals surface area contributed by atoms with Crippen molar-refractivity contribution in [2.24, 2.45) is 0 Å². The fraction of sp³-hybridized carbons (Fsp3) is 0.692. The first-order chi connectivity index (χ1) is 10.1. The van der Waals surface area contributed by atoms with Crippen LogP contribution in [0.25, 0.3) is 0 Å². The number of rotatable bonds is 10. The number of hydrogen-bond acceptors (Lipinski definition) is 7. The van der Waals surface area contributed by atoms with E-state index in [9.17, 15) is 9.59 Å². The van der Waals surface area contributed by atoms with Gasteiger partial charge in [0, 0.05) is 44.4 Å². The lowest BCUT2D eigenvalue weighted by molar-refractivity contribution is -0.139. The van der Waals surface area contributed by atoms with Crippen molar-refractivity contribution in [3.05, 3.63) is 20.2 Å². The van der Waals surface area contributed by atoms with Gasteiger partial charge >= 0.3 is 10.8 Å². The Labute approximate surface area is 127 Å². The molecule has 0 radical (unpaired) electrons. The van der Waals surface area contributed by atoms with Gasteiger partial charge in [-0.3, -0.25) is 14.5 Å². The zero-order chi connectivity index (χ0) is 15.7. The Morgan fingerprint density at radius 2 is 1.81 bits per heavy atom. The van der Waals surface area contributed by atoms with E-state index in [2.05, 4.69) is 14.6 Å². The highest BCUT2D eigenvalue weighted by molar-refractivity contribution is 7.09. The van der Waals surface area contributed by atoms with Crippen LogP contribution < -0.4 is 4.87 Å². The van der Waals surface area contributed by atoms with Gasteiger partial charge in [0.25, 0.3) is 0 Å². The van der Waals surface area contributed by atoms with E-state index in [1.807, 2.05) is 0 Å².